The summed E-state index contributed by atoms with van der Waals surface area (Å²) < 4.78 is 26.2. The molecule has 166 valence electrons. The van der Waals surface area contributed by atoms with Crippen LogP contribution in [0.2, 0.25) is 0 Å². The molecule has 0 saturated carbocycles. The summed E-state index contributed by atoms with van der Waals surface area (Å²) in [5.74, 6) is 1.53. The van der Waals surface area contributed by atoms with Crippen LogP contribution in [0, 0.1) is 0 Å². The van der Waals surface area contributed by atoms with E-state index in [1.54, 1.807) is 43.5 Å². The molecule has 0 saturated heterocycles. The highest BCUT2D eigenvalue weighted by molar-refractivity contribution is 5.89. The predicted molar refractivity (Wildman–Crippen MR) is 116 cm³/mol. The van der Waals surface area contributed by atoms with Gasteiger partial charge in [-0.2, -0.15) is 0 Å². The lowest BCUT2D eigenvalue weighted by Gasteiger charge is -2.09. The number of amides is 1. The van der Waals surface area contributed by atoms with Gasteiger partial charge in [0.15, 0.2) is 18.1 Å². The molecule has 0 aromatic heterocycles. The van der Waals surface area contributed by atoms with Gasteiger partial charge in [-0.15, -0.1) is 0 Å². The molecular formula is C23H27NO7. The average Bonchev–Trinajstić information content (AvgIpc) is 2.80. The van der Waals surface area contributed by atoms with Crippen LogP contribution in [0.4, 0.5) is 0 Å². The Bertz CT molecular complexity index is 878. The molecule has 2 aromatic rings. The molecule has 0 aliphatic rings. The zero-order valence-corrected chi connectivity index (χ0v) is 17.9. The van der Waals surface area contributed by atoms with Crippen LogP contribution in [0.25, 0.3) is 6.08 Å². The van der Waals surface area contributed by atoms with Crippen LogP contribution in [0.3, 0.4) is 0 Å². The zero-order chi connectivity index (χ0) is 22.5. The molecule has 1 N–H and O–H groups in total. The first-order valence-electron chi connectivity index (χ1n) is 9.75. The predicted octanol–water partition coefficient (Wildman–Crippen LogP) is 2.85. The van der Waals surface area contributed by atoms with Gasteiger partial charge >= 0.3 is 5.97 Å². The van der Waals surface area contributed by atoms with E-state index in [2.05, 4.69) is 5.32 Å². The minimum atomic E-state index is -0.629. The largest absolute Gasteiger partial charge is 0.494 e. The fourth-order valence-corrected chi connectivity index (χ4v) is 2.51. The molecule has 0 radical (unpaired) electrons. The Hall–Kier alpha value is -3.68. The van der Waals surface area contributed by atoms with Crippen LogP contribution >= 0.6 is 0 Å². The van der Waals surface area contributed by atoms with Crippen molar-refractivity contribution >= 4 is 18.0 Å². The van der Waals surface area contributed by atoms with E-state index in [0.717, 1.165) is 11.3 Å². The van der Waals surface area contributed by atoms with Gasteiger partial charge in [0.05, 0.1) is 27.4 Å². The molecule has 0 atom stereocenters. The summed E-state index contributed by atoms with van der Waals surface area (Å²) in [6.07, 6.45) is 2.80. The molecule has 8 heteroatoms. The Morgan fingerprint density at radius 1 is 0.935 bits per heavy atom. The van der Waals surface area contributed by atoms with Gasteiger partial charge < -0.3 is 29.0 Å². The fourth-order valence-electron chi connectivity index (χ4n) is 2.51. The van der Waals surface area contributed by atoms with Crippen LogP contribution < -0.4 is 24.3 Å². The summed E-state index contributed by atoms with van der Waals surface area (Å²) >= 11 is 0. The van der Waals surface area contributed by atoms with Crippen LogP contribution in [-0.2, 0) is 14.3 Å². The Labute approximate surface area is 181 Å². The molecule has 31 heavy (non-hydrogen) atoms. The van der Waals surface area contributed by atoms with Crippen molar-refractivity contribution in [1.29, 1.82) is 0 Å². The molecule has 2 rings (SSSR count). The number of benzene rings is 2. The van der Waals surface area contributed by atoms with Crippen molar-refractivity contribution in [1.82, 2.24) is 5.32 Å². The van der Waals surface area contributed by atoms with E-state index in [4.69, 9.17) is 23.7 Å². The number of carbonyl (C=O) groups excluding carboxylic acids is 2. The number of hydrogen-bond donors (Lipinski definition) is 1. The van der Waals surface area contributed by atoms with Crippen molar-refractivity contribution in [3.63, 3.8) is 0 Å². The third kappa shape index (κ3) is 8.30. The van der Waals surface area contributed by atoms with Gasteiger partial charge in [0.1, 0.15) is 18.1 Å². The van der Waals surface area contributed by atoms with Crippen LogP contribution in [-0.4, -0.2) is 52.5 Å². The molecule has 0 unspecified atom stereocenters. The minimum Gasteiger partial charge on any atom is -0.494 e. The van der Waals surface area contributed by atoms with E-state index in [9.17, 15) is 9.59 Å². The third-order valence-electron chi connectivity index (χ3n) is 3.99. The van der Waals surface area contributed by atoms with E-state index in [-0.39, 0.29) is 19.8 Å². The number of ether oxygens (including phenoxy) is 5. The Morgan fingerprint density at radius 2 is 1.61 bits per heavy atom. The standard InChI is InChI=1S/C23H27NO7/c1-4-29-18-7-9-19(10-8-18)30-14-13-24-22(25)16-31-23(26)12-6-17-5-11-20(27-2)21(15-17)28-3/h5-12,15H,4,13-14,16H2,1-3H3,(H,24,25)/b12-6+. The third-order valence-corrected chi connectivity index (χ3v) is 3.99. The number of esters is 1. The van der Waals surface area contributed by atoms with Crippen LogP contribution in [0.15, 0.2) is 48.5 Å². The van der Waals surface area contributed by atoms with Crippen molar-refractivity contribution in [2.45, 2.75) is 6.92 Å². The summed E-state index contributed by atoms with van der Waals surface area (Å²) in [4.78, 5) is 23.6. The number of nitrogens with one attached hydrogen (secondary N) is 1. The Kier molecular flexibility index (Phi) is 9.74. The maximum absolute atomic E-state index is 11.8. The molecule has 1 amide bonds. The lowest BCUT2D eigenvalue weighted by atomic mass is 10.2. The lowest BCUT2D eigenvalue weighted by molar-refractivity contribution is -0.143. The zero-order valence-electron chi connectivity index (χ0n) is 17.9. The van der Waals surface area contributed by atoms with E-state index in [1.807, 2.05) is 19.1 Å². The molecule has 0 bridgehead atoms. The first-order valence-corrected chi connectivity index (χ1v) is 9.75. The number of carbonyl (C=O) groups is 2. The van der Waals surface area contributed by atoms with Gasteiger partial charge in [-0.3, -0.25) is 4.79 Å². The molecule has 0 fully saturated rings. The van der Waals surface area contributed by atoms with Gasteiger partial charge in [-0.25, -0.2) is 4.79 Å². The van der Waals surface area contributed by atoms with Gasteiger partial charge in [0.25, 0.3) is 5.91 Å². The van der Waals surface area contributed by atoms with Crippen molar-refractivity contribution in [3.8, 4) is 23.0 Å². The van der Waals surface area contributed by atoms with Gasteiger partial charge in [-0.1, -0.05) is 6.07 Å². The highest BCUT2D eigenvalue weighted by atomic mass is 16.5. The second kappa shape index (κ2) is 12.8. The first kappa shape index (κ1) is 23.6. The van der Waals surface area contributed by atoms with Gasteiger partial charge in [0, 0.05) is 6.08 Å². The van der Waals surface area contributed by atoms with E-state index < -0.39 is 11.9 Å². The average molecular weight is 429 g/mol. The van der Waals surface area contributed by atoms with Crippen molar-refractivity contribution in [3.05, 3.63) is 54.1 Å². The first-order chi connectivity index (χ1) is 15.0. The van der Waals surface area contributed by atoms with E-state index in [0.29, 0.717) is 23.9 Å². The lowest BCUT2D eigenvalue weighted by Crippen LogP contribution is -2.31. The quantitative estimate of drug-likeness (QED) is 0.315. The maximum Gasteiger partial charge on any atom is 0.331 e. The summed E-state index contributed by atoms with van der Waals surface area (Å²) in [6, 6.07) is 12.4. The minimum absolute atomic E-state index is 0.283. The van der Waals surface area contributed by atoms with E-state index >= 15 is 0 Å². The number of hydrogen-bond acceptors (Lipinski definition) is 7. The highest BCUT2D eigenvalue weighted by Gasteiger charge is 2.06. The molecule has 0 spiro atoms. The molecule has 0 aliphatic heterocycles. The van der Waals surface area contributed by atoms with Crippen LogP contribution in [0.1, 0.15) is 12.5 Å². The topological polar surface area (TPSA) is 92.3 Å². The monoisotopic (exact) mass is 429 g/mol. The maximum atomic E-state index is 11.8. The van der Waals surface area contributed by atoms with E-state index in [1.165, 1.54) is 13.2 Å². The molecule has 2 aromatic carbocycles. The van der Waals surface area contributed by atoms with Crippen molar-refractivity contribution in [2.24, 2.45) is 0 Å². The summed E-state index contributed by atoms with van der Waals surface area (Å²) in [5.41, 5.74) is 0.727. The smallest absolute Gasteiger partial charge is 0.331 e. The summed E-state index contributed by atoms with van der Waals surface area (Å²) in [7, 11) is 3.07. The van der Waals surface area contributed by atoms with Gasteiger partial charge in [-0.05, 0) is 55.0 Å². The van der Waals surface area contributed by atoms with Crippen molar-refractivity contribution in [2.75, 3.05) is 40.6 Å². The molecule has 8 nitrogen and oxygen atoms in total. The van der Waals surface area contributed by atoms with Crippen LogP contribution in [0.5, 0.6) is 23.0 Å². The fraction of sp³-hybridized carbons (Fsp3) is 0.304. The van der Waals surface area contributed by atoms with Gasteiger partial charge in [0.2, 0.25) is 0 Å². The Morgan fingerprint density at radius 3 is 2.26 bits per heavy atom. The highest BCUT2D eigenvalue weighted by Crippen LogP contribution is 2.27. The Balaban J connectivity index is 1.66. The number of rotatable bonds is 12. The molecular weight excluding hydrogens is 402 g/mol. The second-order valence-corrected chi connectivity index (χ2v) is 6.16. The number of methoxy groups -OCH3 is 2. The second-order valence-electron chi connectivity index (χ2n) is 6.16. The molecule has 0 heterocycles. The SMILES string of the molecule is CCOc1ccc(OCCNC(=O)COC(=O)/C=C/c2ccc(OC)c(OC)c2)cc1. The normalized spacial score (nSPS) is 10.4. The summed E-state index contributed by atoms with van der Waals surface area (Å²) in [5, 5.41) is 2.62. The summed E-state index contributed by atoms with van der Waals surface area (Å²) in [6.45, 7) is 2.71. The molecule has 0 aliphatic carbocycles. The van der Waals surface area contributed by atoms with Crippen molar-refractivity contribution < 1.29 is 33.3 Å².